The first kappa shape index (κ1) is 19.7. The van der Waals surface area contributed by atoms with Gasteiger partial charge in [0.25, 0.3) is 11.5 Å². The van der Waals surface area contributed by atoms with Crippen molar-refractivity contribution in [1.29, 1.82) is 0 Å². The van der Waals surface area contributed by atoms with Crippen LogP contribution in [0.25, 0.3) is 5.69 Å². The molecule has 7 nitrogen and oxygen atoms in total. The van der Waals surface area contributed by atoms with E-state index in [1.165, 1.54) is 0 Å². The Balaban J connectivity index is 1.90. The van der Waals surface area contributed by atoms with Gasteiger partial charge in [-0.1, -0.05) is 53.5 Å². The van der Waals surface area contributed by atoms with Gasteiger partial charge in [-0.15, -0.1) is 0 Å². The van der Waals surface area contributed by atoms with Gasteiger partial charge in [0.2, 0.25) is 0 Å². The highest BCUT2D eigenvalue weighted by atomic mass is 35.5. The topological polar surface area (TPSA) is 104 Å². The van der Waals surface area contributed by atoms with Crippen molar-refractivity contribution in [3.63, 3.8) is 0 Å². The molecule has 1 amide bonds. The molecular formula is C19H15Cl2N3O4. The number of nitrogens with zero attached hydrogens (tertiary/aromatic N) is 1. The number of halogens is 2. The van der Waals surface area contributed by atoms with Crippen LogP contribution in [0.5, 0.6) is 0 Å². The van der Waals surface area contributed by atoms with E-state index in [2.05, 4.69) is 10.4 Å². The van der Waals surface area contributed by atoms with Crippen LogP contribution in [0.3, 0.4) is 0 Å². The third-order valence-corrected chi connectivity index (χ3v) is 4.69. The molecule has 0 saturated carbocycles. The minimum Gasteiger partial charge on any atom is -0.481 e. The molecule has 0 bridgehead atoms. The minimum atomic E-state index is -1.10. The van der Waals surface area contributed by atoms with Gasteiger partial charge < -0.3 is 10.4 Å². The number of amides is 1. The molecule has 2 aromatic carbocycles. The number of carbonyl (C=O) groups is 2. The van der Waals surface area contributed by atoms with Crippen molar-refractivity contribution in [1.82, 2.24) is 15.1 Å². The minimum absolute atomic E-state index is 0.0348. The highest BCUT2D eigenvalue weighted by Gasteiger charge is 2.22. The number of aliphatic carboxylic acids is 1. The predicted octanol–water partition coefficient (Wildman–Crippen LogP) is 3.42. The quantitative estimate of drug-likeness (QED) is 0.569. The van der Waals surface area contributed by atoms with E-state index >= 15 is 0 Å². The van der Waals surface area contributed by atoms with E-state index in [4.69, 9.17) is 23.2 Å². The second-order valence-electron chi connectivity index (χ2n) is 5.94. The van der Waals surface area contributed by atoms with Crippen LogP contribution in [-0.2, 0) is 4.79 Å². The molecule has 3 rings (SSSR count). The number of rotatable bonds is 6. The number of carbonyl (C=O) groups excluding carboxylic acids is 1. The van der Waals surface area contributed by atoms with E-state index in [-0.39, 0.29) is 12.1 Å². The molecule has 0 spiro atoms. The van der Waals surface area contributed by atoms with Crippen molar-refractivity contribution in [2.24, 2.45) is 0 Å². The Labute approximate surface area is 169 Å². The largest absolute Gasteiger partial charge is 0.481 e. The lowest BCUT2D eigenvalue weighted by Crippen LogP contribution is -2.30. The molecular weight excluding hydrogens is 405 g/mol. The summed E-state index contributed by atoms with van der Waals surface area (Å²) >= 11 is 12.2. The van der Waals surface area contributed by atoms with Crippen molar-refractivity contribution in [3.05, 3.63) is 86.3 Å². The lowest BCUT2D eigenvalue weighted by Gasteiger charge is -2.18. The summed E-state index contributed by atoms with van der Waals surface area (Å²) in [4.78, 5) is 36.1. The van der Waals surface area contributed by atoms with E-state index in [1.807, 2.05) is 0 Å². The summed E-state index contributed by atoms with van der Waals surface area (Å²) < 4.78 is 1.14. The Morgan fingerprint density at radius 3 is 2.36 bits per heavy atom. The van der Waals surface area contributed by atoms with Gasteiger partial charge in [0.05, 0.1) is 23.2 Å². The summed E-state index contributed by atoms with van der Waals surface area (Å²) in [5.74, 6) is -1.75. The van der Waals surface area contributed by atoms with E-state index in [0.717, 1.165) is 10.7 Å². The van der Waals surface area contributed by atoms with Crippen LogP contribution in [0.4, 0.5) is 0 Å². The van der Waals surface area contributed by atoms with E-state index in [1.54, 1.807) is 48.5 Å². The number of hydrogen-bond acceptors (Lipinski definition) is 3. The lowest BCUT2D eigenvalue weighted by atomic mass is 10.0. The van der Waals surface area contributed by atoms with Gasteiger partial charge in [-0.05, 0) is 23.8 Å². The van der Waals surface area contributed by atoms with Gasteiger partial charge in [0.1, 0.15) is 5.69 Å². The number of nitrogens with one attached hydrogen (secondary N) is 2. The number of H-pyrrole nitrogens is 1. The fraction of sp³-hybridized carbons (Fsp3) is 0.105. The van der Waals surface area contributed by atoms with E-state index < -0.39 is 23.5 Å². The molecule has 1 aromatic heterocycles. The van der Waals surface area contributed by atoms with Crippen LogP contribution in [0.1, 0.15) is 28.5 Å². The first-order valence-corrected chi connectivity index (χ1v) is 8.96. The summed E-state index contributed by atoms with van der Waals surface area (Å²) in [6.45, 7) is 0. The van der Waals surface area contributed by atoms with Gasteiger partial charge in [0.15, 0.2) is 0 Å². The van der Waals surface area contributed by atoms with Crippen molar-refractivity contribution in [2.45, 2.75) is 12.5 Å². The van der Waals surface area contributed by atoms with Crippen LogP contribution in [0.15, 0.2) is 59.4 Å². The SMILES string of the molecule is O=C(O)CC(NC(=O)c1cc(=O)n(-c2ccccc2Cl)[nH]1)c1ccccc1Cl. The van der Waals surface area contributed by atoms with Crippen LogP contribution < -0.4 is 10.9 Å². The Kier molecular flexibility index (Phi) is 5.87. The summed E-state index contributed by atoms with van der Waals surface area (Å²) in [7, 11) is 0. The second kappa shape index (κ2) is 8.33. The molecule has 1 atom stereocenters. The van der Waals surface area contributed by atoms with Crippen LogP contribution in [0.2, 0.25) is 10.0 Å². The zero-order chi connectivity index (χ0) is 20.3. The van der Waals surface area contributed by atoms with Crippen molar-refractivity contribution >= 4 is 35.1 Å². The Bertz CT molecular complexity index is 1090. The maximum Gasteiger partial charge on any atom is 0.305 e. The number of benzene rings is 2. The fourth-order valence-corrected chi connectivity index (χ4v) is 3.22. The molecule has 144 valence electrons. The number of carboxylic acids is 1. The summed E-state index contributed by atoms with van der Waals surface area (Å²) in [6.07, 6.45) is -0.370. The Hall–Kier alpha value is -3.03. The van der Waals surface area contributed by atoms with Crippen LogP contribution in [-0.4, -0.2) is 26.8 Å². The predicted molar refractivity (Wildman–Crippen MR) is 105 cm³/mol. The van der Waals surface area contributed by atoms with Crippen LogP contribution in [0, 0.1) is 0 Å². The second-order valence-corrected chi connectivity index (χ2v) is 6.75. The third-order valence-electron chi connectivity index (χ3n) is 4.02. The van der Waals surface area contributed by atoms with Crippen molar-refractivity contribution < 1.29 is 14.7 Å². The first-order chi connectivity index (χ1) is 13.4. The zero-order valence-electron chi connectivity index (χ0n) is 14.4. The molecule has 1 heterocycles. The molecule has 0 aliphatic carbocycles. The highest BCUT2D eigenvalue weighted by molar-refractivity contribution is 6.32. The molecule has 1 unspecified atom stereocenters. The Morgan fingerprint density at radius 1 is 1.07 bits per heavy atom. The number of aromatic amines is 1. The molecule has 3 aromatic rings. The van der Waals surface area contributed by atoms with Crippen LogP contribution >= 0.6 is 23.2 Å². The molecule has 0 aliphatic rings. The maximum atomic E-state index is 12.6. The number of hydrogen-bond donors (Lipinski definition) is 3. The molecule has 3 N–H and O–H groups in total. The van der Waals surface area contributed by atoms with Gasteiger partial charge in [0, 0.05) is 11.1 Å². The van der Waals surface area contributed by atoms with E-state index in [0.29, 0.717) is 21.3 Å². The first-order valence-electron chi connectivity index (χ1n) is 8.21. The molecule has 0 saturated heterocycles. The van der Waals surface area contributed by atoms with Crippen molar-refractivity contribution in [2.75, 3.05) is 0 Å². The fourth-order valence-electron chi connectivity index (χ4n) is 2.73. The lowest BCUT2D eigenvalue weighted by molar-refractivity contribution is -0.137. The number of carboxylic acid groups (broad SMARTS) is 1. The summed E-state index contributed by atoms with van der Waals surface area (Å²) in [6, 6.07) is 13.5. The number of aromatic nitrogens is 2. The monoisotopic (exact) mass is 419 g/mol. The average molecular weight is 420 g/mol. The zero-order valence-corrected chi connectivity index (χ0v) is 15.9. The Morgan fingerprint density at radius 2 is 1.71 bits per heavy atom. The smallest absolute Gasteiger partial charge is 0.305 e. The van der Waals surface area contributed by atoms with Gasteiger partial charge in [-0.2, -0.15) is 0 Å². The standard InChI is InChI=1S/C19H15Cl2N3O4/c20-12-6-2-1-5-11(12)14(10-18(26)27)22-19(28)15-9-17(25)24(23-15)16-8-4-3-7-13(16)21/h1-9,14,23H,10H2,(H,22,28)(H,26,27). The molecule has 9 heteroatoms. The summed E-state index contributed by atoms with van der Waals surface area (Å²) in [5, 5.41) is 15.1. The van der Waals surface area contributed by atoms with Crippen molar-refractivity contribution in [3.8, 4) is 5.69 Å². The normalized spacial score (nSPS) is 11.8. The third kappa shape index (κ3) is 4.27. The maximum absolute atomic E-state index is 12.6. The molecule has 0 fully saturated rings. The average Bonchev–Trinajstić information content (AvgIpc) is 3.03. The highest BCUT2D eigenvalue weighted by Crippen LogP contribution is 2.25. The van der Waals surface area contributed by atoms with E-state index in [9.17, 15) is 19.5 Å². The molecule has 0 radical (unpaired) electrons. The molecule has 28 heavy (non-hydrogen) atoms. The number of para-hydroxylation sites is 1. The molecule has 0 aliphatic heterocycles. The van der Waals surface area contributed by atoms with Gasteiger partial charge in [-0.25, -0.2) is 4.68 Å². The summed E-state index contributed by atoms with van der Waals surface area (Å²) in [5.41, 5.74) is 0.340. The van der Waals surface area contributed by atoms with Gasteiger partial charge in [-0.3, -0.25) is 19.5 Å². The van der Waals surface area contributed by atoms with Gasteiger partial charge >= 0.3 is 5.97 Å².